The fourth-order valence-electron chi connectivity index (χ4n) is 3.69. The van der Waals surface area contributed by atoms with Gasteiger partial charge in [-0.25, -0.2) is 0 Å². The number of benzene rings is 2. The van der Waals surface area contributed by atoms with Gasteiger partial charge >= 0.3 is 0 Å². The molecule has 0 atom stereocenters. The Morgan fingerprint density at radius 2 is 1.67 bits per heavy atom. The van der Waals surface area contributed by atoms with Crippen LogP contribution in [-0.2, 0) is 0 Å². The van der Waals surface area contributed by atoms with Crippen LogP contribution < -0.4 is 5.32 Å². The molecule has 0 saturated heterocycles. The van der Waals surface area contributed by atoms with Gasteiger partial charge in [0.1, 0.15) is 8.07 Å². The van der Waals surface area contributed by atoms with Crippen molar-refractivity contribution in [1.82, 2.24) is 4.98 Å². The molecule has 0 aliphatic heterocycles. The Bertz CT molecular complexity index is 944. The first-order chi connectivity index (χ1) is 12.9. The van der Waals surface area contributed by atoms with Gasteiger partial charge in [-0.15, -0.1) is 0 Å². The Labute approximate surface area is 168 Å². The number of aromatic nitrogens is 1. The lowest BCUT2D eigenvalue weighted by atomic mass is 9.99. The van der Waals surface area contributed by atoms with E-state index in [-0.39, 0.29) is 0 Å². The molecule has 1 aromatic heterocycles. The SMILES string of the molecule is CC/C(=C(/c1ccc(C)cc1)[Si](C)(C)c1ccccn1)c1cccc(Cl)c1. The highest BCUT2D eigenvalue weighted by atomic mass is 35.5. The molecule has 3 heteroatoms. The summed E-state index contributed by atoms with van der Waals surface area (Å²) in [6, 6.07) is 23.4. The largest absolute Gasteiger partial charge is 0.266 e. The molecule has 3 aromatic rings. The lowest BCUT2D eigenvalue weighted by molar-refractivity contribution is 1.24. The van der Waals surface area contributed by atoms with Crippen molar-refractivity contribution in [3.63, 3.8) is 0 Å². The molecule has 138 valence electrons. The Balaban J connectivity index is 2.31. The summed E-state index contributed by atoms with van der Waals surface area (Å²) in [5, 5.41) is 3.42. The number of aryl methyl sites for hydroxylation is 1. The summed E-state index contributed by atoms with van der Waals surface area (Å²) in [5.41, 5.74) is 5.14. The van der Waals surface area contributed by atoms with Crippen LogP contribution in [-0.4, -0.2) is 13.1 Å². The summed E-state index contributed by atoms with van der Waals surface area (Å²) >= 11 is 6.33. The molecule has 0 radical (unpaired) electrons. The molecule has 1 heterocycles. The maximum Gasteiger partial charge on any atom is 0.136 e. The van der Waals surface area contributed by atoms with Gasteiger partial charge in [0, 0.05) is 16.5 Å². The van der Waals surface area contributed by atoms with Crippen molar-refractivity contribution >= 4 is 35.8 Å². The minimum Gasteiger partial charge on any atom is -0.266 e. The average Bonchev–Trinajstić information content (AvgIpc) is 2.67. The predicted molar refractivity (Wildman–Crippen MR) is 121 cm³/mol. The minimum absolute atomic E-state index is 0.777. The Morgan fingerprint density at radius 3 is 2.26 bits per heavy atom. The lowest BCUT2D eigenvalue weighted by Gasteiger charge is -2.29. The molecule has 0 aliphatic rings. The molecule has 2 aromatic carbocycles. The van der Waals surface area contributed by atoms with E-state index in [2.05, 4.69) is 75.5 Å². The molecule has 0 unspecified atom stereocenters. The normalized spacial score (nSPS) is 12.6. The van der Waals surface area contributed by atoms with Gasteiger partial charge in [-0.3, -0.25) is 4.98 Å². The maximum atomic E-state index is 6.33. The number of hydrogen-bond acceptors (Lipinski definition) is 1. The van der Waals surface area contributed by atoms with Gasteiger partial charge in [-0.05, 0) is 59.5 Å². The topological polar surface area (TPSA) is 12.9 Å². The zero-order valence-corrected chi connectivity index (χ0v) is 18.2. The number of halogens is 1. The Kier molecular flexibility index (Phi) is 5.98. The van der Waals surface area contributed by atoms with Gasteiger partial charge in [0.25, 0.3) is 0 Å². The second-order valence-electron chi connectivity index (χ2n) is 7.42. The number of rotatable bonds is 5. The Morgan fingerprint density at radius 1 is 0.926 bits per heavy atom. The van der Waals surface area contributed by atoms with Crippen molar-refractivity contribution in [2.75, 3.05) is 0 Å². The van der Waals surface area contributed by atoms with Crippen molar-refractivity contribution in [2.24, 2.45) is 0 Å². The van der Waals surface area contributed by atoms with Gasteiger partial charge in [-0.1, -0.05) is 79.6 Å². The van der Waals surface area contributed by atoms with Crippen molar-refractivity contribution in [2.45, 2.75) is 33.4 Å². The van der Waals surface area contributed by atoms with E-state index in [1.165, 1.54) is 32.8 Å². The zero-order valence-electron chi connectivity index (χ0n) is 16.5. The van der Waals surface area contributed by atoms with E-state index in [0.29, 0.717) is 0 Å². The molecular formula is C24H26ClNSi. The van der Waals surface area contributed by atoms with E-state index in [4.69, 9.17) is 16.6 Å². The third-order valence-corrected chi connectivity index (χ3v) is 8.75. The smallest absolute Gasteiger partial charge is 0.136 e. The van der Waals surface area contributed by atoms with Crippen molar-refractivity contribution in [3.05, 3.63) is 94.6 Å². The van der Waals surface area contributed by atoms with Crippen LogP contribution in [0.3, 0.4) is 0 Å². The summed E-state index contributed by atoms with van der Waals surface area (Å²) in [7, 11) is -2.03. The third kappa shape index (κ3) is 4.23. The van der Waals surface area contributed by atoms with Crippen LogP contribution in [0.5, 0.6) is 0 Å². The highest BCUT2D eigenvalue weighted by molar-refractivity contribution is 7.05. The molecule has 0 spiro atoms. The van der Waals surface area contributed by atoms with Crippen molar-refractivity contribution in [1.29, 1.82) is 0 Å². The van der Waals surface area contributed by atoms with E-state index < -0.39 is 8.07 Å². The second-order valence-corrected chi connectivity index (χ2v) is 12.1. The van der Waals surface area contributed by atoms with E-state index >= 15 is 0 Å². The molecule has 0 saturated carbocycles. The maximum absolute atomic E-state index is 6.33. The fraction of sp³-hybridized carbons (Fsp3) is 0.208. The first-order valence-corrected chi connectivity index (χ1v) is 12.8. The average molecular weight is 392 g/mol. The standard InChI is InChI=1S/C24H26ClNSi/c1-5-22(20-9-8-10-21(25)17-20)24(19-14-12-18(2)13-15-19)27(3,4)23-11-6-7-16-26-23/h6-17H,5H2,1-4H3/b24-22+. The monoisotopic (exact) mass is 391 g/mol. The van der Waals surface area contributed by atoms with Crippen LogP contribution in [0.1, 0.15) is 30.0 Å². The lowest BCUT2D eigenvalue weighted by Crippen LogP contribution is -2.45. The highest BCUT2D eigenvalue weighted by Gasteiger charge is 2.33. The third-order valence-electron chi connectivity index (χ3n) is 5.10. The summed E-state index contributed by atoms with van der Waals surface area (Å²) < 4.78 is 0. The van der Waals surface area contributed by atoms with E-state index in [9.17, 15) is 0 Å². The first-order valence-electron chi connectivity index (χ1n) is 9.41. The summed E-state index contributed by atoms with van der Waals surface area (Å²) in [6.45, 7) is 9.15. The number of pyridine rings is 1. The second kappa shape index (κ2) is 8.24. The van der Waals surface area contributed by atoms with Crippen LogP contribution in [0.15, 0.2) is 72.9 Å². The van der Waals surface area contributed by atoms with Crippen LogP contribution in [0.25, 0.3) is 10.8 Å². The molecule has 0 aliphatic carbocycles. The van der Waals surface area contributed by atoms with Gasteiger partial charge < -0.3 is 0 Å². The molecule has 0 bridgehead atoms. The Hall–Kier alpha value is -2.16. The fourth-order valence-corrected chi connectivity index (χ4v) is 7.02. The molecule has 1 nitrogen and oxygen atoms in total. The quantitative estimate of drug-likeness (QED) is 0.356. The number of nitrogens with zero attached hydrogens (tertiary/aromatic N) is 1. The molecule has 0 amide bonds. The van der Waals surface area contributed by atoms with Crippen molar-refractivity contribution in [3.8, 4) is 0 Å². The highest BCUT2D eigenvalue weighted by Crippen LogP contribution is 2.36. The van der Waals surface area contributed by atoms with Gasteiger partial charge in [0.05, 0.1) is 0 Å². The van der Waals surface area contributed by atoms with Gasteiger partial charge in [0.2, 0.25) is 0 Å². The molecule has 0 N–H and O–H groups in total. The van der Waals surface area contributed by atoms with Crippen LogP contribution in [0, 0.1) is 6.92 Å². The van der Waals surface area contributed by atoms with E-state index in [1.807, 2.05) is 24.4 Å². The summed E-state index contributed by atoms with van der Waals surface area (Å²) in [4.78, 5) is 4.74. The minimum atomic E-state index is -2.03. The van der Waals surface area contributed by atoms with Gasteiger partial charge in [-0.2, -0.15) is 0 Å². The van der Waals surface area contributed by atoms with Crippen molar-refractivity contribution < 1.29 is 0 Å². The predicted octanol–water partition coefficient (Wildman–Crippen LogP) is 6.52. The van der Waals surface area contributed by atoms with E-state index in [1.54, 1.807) is 0 Å². The van der Waals surface area contributed by atoms with Crippen LogP contribution >= 0.6 is 11.6 Å². The summed E-state index contributed by atoms with van der Waals surface area (Å²) in [5.74, 6) is 0. The first kappa shape index (κ1) is 19.6. The number of allylic oxidation sites excluding steroid dienone is 1. The number of hydrogen-bond donors (Lipinski definition) is 0. The van der Waals surface area contributed by atoms with Gasteiger partial charge in [0.15, 0.2) is 0 Å². The molecular weight excluding hydrogens is 366 g/mol. The zero-order chi connectivity index (χ0) is 19.4. The molecule has 3 rings (SSSR count). The molecule has 27 heavy (non-hydrogen) atoms. The van der Waals surface area contributed by atoms with Crippen LogP contribution in [0.4, 0.5) is 0 Å². The van der Waals surface area contributed by atoms with Crippen LogP contribution in [0.2, 0.25) is 18.1 Å². The molecule has 0 fully saturated rings. The van der Waals surface area contributed by atoms with E-state index in [0.717, 1.165) is 11.4 Å². The summed E-state index contributed by atoms with van der Waals surface area (Å²) in [6.07, 6.45) is 2.86.